The normalized spacial score (nSPS) is 17.1. The number of nitrogens with zero attached hydrogens (tertiary/aromatic N) is 1. The van der Waals surface area contributed by atoms with E-state index in [1.165, 1.54) is 0 Å². The summed E-state index contributed by atoms with van der Waals surface area (Å²) in [6.45, 7) is 1.69. The van der Waals surface area contributed by atoms with Gasteiger partial charge in [0.25, 0.3) is 5.76 Å². The van der Waals surface area contributed by atoms with Crippen LogP contribution in [0.25, 0.3) is 0 Å². The first-order valence-electron chi connectivity index (χ1n) is 6.78. The minimum atomic E-state index is -2.44. The molecule has 4 nitrogen and oxygen atoms in total. The lowest BCUT2D eigenvalue weighted by Gasteiger charge is -2.28. The number of nitrogens with one attached hydrogen (secondary N) is 1. The summed E-state index contributed by atoms with van der Waals surface area (Å²) in [6, 6.07) is 6.35. The van der Waals surface area contributed by atoms with Crippen molar-refractivity contribution in [1.29, 1.82) is 0 Å². The molecule has 1 aromatic rings. The molecule has 2 rings (SSSR count). The molecule has 1 aromatic carbocycles. The number of aliphatic hydroxyl groups is 1. The maximum atomic E-state index is 12.2. The van der Waals surface area contributed by atoms with Crippen LogP contribution in [0.15, 0.2) is 29.2 Å². The molecule has 0 radical (unpaired) electrons. The number of hydrogen-bond acceptors (Lipinski definition) is 4. The van der Waals surface area contributed by atoms with Crippen LogP contribution in [-0.4, -0.2) is 47.4 Å². The topological polar surface area (TPSA) is 52.6 Å². The largest absolute Gasteiger partial charge is 0.393 e. The Hall–Kier alpha value is -1.18. The molecule has 1 aliphatic rings. The molecule has 0 spiro atoms. The molecule has 1 saturated heterocycles. The Kier molecular flexibility index (Phi) is 5.96. The van der Waals surface area contributed by atoms with Gasteiger partial charge >= 0.3 is 0 Å². The Labute approximate surface area is 126 Å². The standard InChI is InChI=1S/C14H18F2N2O2S/c15-14(16)21-12-3-1-10(2-4-12)17-13(20)9-18-7-5-11(19)6-8-18/h1-4,11,14,19H,5-9H2,(H,17,20). The summed E-state index contributed by atoms with van der Waals surface area (Å²) >= 11 is 0.477. The number of carbonyl (C=O) groups excluding carboxylic acids is 1. The molecule has 21 heavy (non-hydrogen) atoms. The highest BCUT2D eigenvalue weighted by atomic mass is 32.2. The van der Waals surface area contributed by atoms with E-state index in [2.05, 4.69) is 5.32 Å². The smallest absolute Gasteiger partial charge is 0.288 e. The van der Waals surface area contributed by atoms with E-state index in [1.807, 2.05) is 4.90 Å². The molecule has 1 fully saturated rings. The van der Waals surface area contributed by atoms with E-state index in [-0.39, 0.29) is 18.6 Å². The van der Waals surface area contributed by atoms with Gasteiger partial charge in [0.15, 0.2) is 0 Å². The maximum absolute atomic E-state index is 12.2. The van der Waals surface area contributed by atoms with E-state index in [1.54, 1.807) is 24.3 Å². The molecule has 1 amide bonds. The van der Waals surface area contributed by atoms with Crippen molar-refractivity contribution in [3.63, 3.8) is 0 Å². The summed E-state index contributed by atoms with van der Waals surface area (Å²) in [5.74, 6) is -2.58. The van der Waals surface area contributed by atoms with Gasteiger partial charge in [-0.3, -0.25) is 9.69 Å². The van der Waals surface area contributed by atoms with Gasteiger partial charge in [-0.05, 0) is 37.1 Å². The third-order valence-corrected chi connectivity index (χ3v) is 4.01. The number of likely N-dealkylation sites (tertiary alicyclic amines) is 1. The van der Waals surface area contributed by atoms with E-state index in [9.17, 15) is 18.7 Å². The quantitative estimate of drug-likeness (QED) is 0.819. The molecule has 0 aliphatic carbocycles. The second kappa shape index (κ2) is 7.72. The zero-order valence-electron chi connectivity index (χ0n) is 11.5. The van der Waals surface area contributed by atoms with Gasteiger partial charge in [-0.25, -0.2) is 0 Å². The summed E-state index contributed by atoms with van der Waals surface area (Å²) in [5, 5.41) is 12.1. The summed E-state index contributed by atoms with van der Waals surface area (Å²) in [5.41, 5.74) is 0.593. The Morgan fingerprint density at radius 3 is 2.52 bits per heavy atom. The average Bonchev–Trinajstić information content (AvgIpc) is 2.43. The minimum Gasteiger partial charge on any atom is -0.393 e. The molecule has 1 aliphatic heterocycles. The molecule has 0 atom stereocenters. The Balaban J connectivity index is 1.79. The van der Waals surface area contributed by atoms with Crippen molar-refractivity contribution in [3.8, 4) is 0 Å². The first-order valence-corrected chi connectivity index (χ1v) is 7.66. The van der Waals surface area contributed by atoms with Gasteiger partial charge in [0.2, 0.25) is 5.91 Å². The second-order valence-corrected chi connectivity index (χ2v) is 6.02. The Bertz CT molecular complexity index is 463. The second-order valence-electron chi connectivity index (χ2n) is 4.96. The van der Waals surface area contributed by atoms with E-state index in [0.29, 0.717) is 48.3 Å². The third kappa shape index (κ3) is 5.61. The van der Waals surface area contributed by atoms with Crippen LogP contribution in [0.2, 0.25) is 0 Å². The van der Waals surface area contributed by atoms with Crippen LogP contribution < -0.4 is 5.32 Å². The number of rotatable bonds is 5. The highest BCUT2D eigenvalue weighted by molar-refractivity contribution is 7.99. The van der Waals surface area contributed by atoms with Crippen LogP contribution in [-0.2, 0) is 4.79 Å². The van der Waals surface area contributed by atoms with Gasteiger partial charge in [0, 0.05) is 23.7 Å². The van der Waals surface area contributed by atoms with Gasteiger partial charge in [0.1, 0.15) is 0 Å². The van der Waals surface area contributed by atoms with Crippen LogP contribution in [0, 0.1) is 0 Å². The van der Waals surface area contributed by atoms with Crippen molar-refractivity contribution in [3.05, 3.63) is 24.3 Å². The highest BCUT2D eigenvalue weighted by Crippen LogP contribution is 2.26. The van der Waals surface area contributed by atoms with Gasteiger partial charge in [-0.15, -0.1) is 0 Å². The lowest BCUT2D eigenvalue weighted by Crippen LogP contribution is -2.40. The van der Waals surface area contributed by atoms with Crippen molar-refractivity contribution in [2.45, 2.75) is 29.6 Å². The number of alkyl halides is 2. The molecule has 1 heterocycles. The predicted molar refractivity (Wildman–Crippen MR) is 78.6 cm³/mol. The maximum Gasteiger partial charge on any atom is 0.288 e. The zero-order chi connectivity index (χ0) is 15.2. The Morgan fingerprint density at radius 2 is 1.95 bits per heavy atom. The molecule has 0 unspecified atom stereocenters. The fraction of sp³-hybridized carbons (Fsp3) is 0.500. The van der Waals surface area contributed by atoms with Gasteiger partial charge in [-0.1, -0.05) is 11.8 Å². The SMILES string of the molecule is O=C(CN1CCC(O)CC1)Nc1ccc(SC(F)F)cc1. The molecule has 2 N–H and O–H groups in total. The first-order chi connectivity index (χ1) is 10.0. The summed E-state index contributed by atoms with van der Waals surface area (Å²) < 4.78 is 24.4. The van der Waals surface area contributed by atoms with Crippen LogP contribution in [0.1, 0.15) is 12.8 Å². The average molecular weight is 316 g/mol. The number of amides is 1. The lowest BCUT2D eigenvalue weighted by atomic mass is 10.1. The van der Waals surface area contributed by atoms with Gasteiger partial charge in [-0.2, -0.15) is 8.78 Å². The molecule has 0 saturated carbocycles. The molecule has 0 bridgehead atoms. The van der Waals surface area contributed by atoms with Crippen molar-refractivity contribution < 1.29 is 18.7 Å². The summed E-state index contributed by atoms with van der Waals surface area (Å²) in [4.78, 5) is 14.3. The lowest BCUT2D eigenvalue weighted by molar-refractivity contribution is -0.117. The molecule has 7 heteroatoms. The number of benzene rings is 1. The van der Waals surface area contributed by atoms with Crippen LogP contribution in [0.4, 0.5) is 14.5 Å². The molecular formula is C14H18F2N2O2S. The number of thioether (sulfide) groups is 1. The van der Waals surface area contributed by atoms with E-state index >= 15 is 0 Å². The molecule has 0 aromatic heterocycles. The van der Waals surface area contributed by atoms with Crippen molar-refractivity contribution >= 4 is 23.4 Å². The summed E-state index contributed by atoms with van der Waals surface area (Å²) in [6.07, 6.45) is 1.11. The number of aliphatic hydroxyl groups excluding tert-OH is 1. The fourth-order valence-electron chi connectivity index (χ4n) is 2.20. The van der Waals surface area contributed by atoms with Crippen molar-refractivity contribution in [2.75, 3.05) is 25.0 Å². The molecular weight excluding hydrogens is 298 g/mol. The monoisotopic (exact) mass is 316 g/mol. The third-order valence-electron chi connectivity index (χ3n) is 3.29. The van der Waals surface area contributed by atoms with E-state index < -0.39 is 5.76 Å². The highest BCUT2D eigenvalue weighted by Gasteiger charge is 2.18. The minimum absolute atomic E-state index is 0.138. The van der Waals surface area contributed by atoms with Gasteiger partial charge in [0.05, 0.1) is 12.6 Å². The van der Waals surface area contributed by atoms with E-state index in [4.69, 9.17) is 0 Å². The predicted octanol–water partition coefficient (Wildman–Crippen LogP) is 2.40. The van der Waals surface area contributed by atoms with Crippen LogP contribution >= 0.6 is 11.8 Å². The number of halogens is 2. The van der Waals surface area contributed by atoms with Crippen LogP contribution in [0.3, 0.4) is 0 Å². The van der Waals surface area contributed by atoms with Crippen molar-refractivity contribution in [1.82, 2.24) is 4.90 Å². The molecule has 116 valence electrons. The number of piperidine rings is 1. The van der Waals surface area contributed by atoms with Gasteiger partial charge < -0.3 is 10.4 Å². The number of carbonyl (C=O) groups is 1. The van der Waals surface area contributed by atoms with E-state index in [0.717, 1.165) is 0 Å². The Morgan fingerprint density at radius 1 is 1.33 bits per heavy atom. The zero-order valence-corrected chi connectivity index (χ0v) is 12.3. The first kappa shape index (κ1) is 16.2. The van der Waals surface area contributed by atoms with Crippen LogP contribution in [0.5, 0.6) is 0 Å². The van der Waals surface area contributed by atoms with Crippen molar-refractivity contribution in [2.24, 2.45) is 0 Å². The number of hydrogen-bond donors (Lipinski definition) is 2. The summed E-state index contributed by atoms with van der Waals surface area (Å²) in [7, 11) is 0. The number of anilines is 1. The fourth-order valence-corrected chi connectivity index (χ4v) is 2.70.